The molecule has 1 aromatic heterocycles. The third-order valence-corrected chi connectivity index (χ3v) is 3.85. The van der Waals surface area contributed by atoms with Gasteiger partial charge in [0.25, 0.3) is 5.91 Å². The SMILES string of the molecule is COc1cccc2cc(C(=O)NC3CCCC3)cnc12. The number of benzene rings is 1. The van der Waals surface area contributed by atoms with E-state index >= 15 is 0 Å². The summed E-state index contributed by atoms with van der Waals surface area (Å²) < 4.78 is 5.27. The van der Waals surface area contributed by atoms with E-state index in [1.807, 2.05) is 24.3 Å². The van der Waals surface area contributed by atoms with E-state index in [-0.39, 0.29) is 5.91 Å². The molecule has 4 heteroatoms. The molecule has 1 amide bonds. The second-order valence-electron chi connectivity index (χ2n) is 5.21. The van der Waals surface area contributed by atoms with E-state index in [4.69, 9.17) is 4.74 Å². The molecule has 1 aliphatic rings. The van der Waals surface area contributed by atoms with Crippen molar-refractivity contribution in [1.29, 1.82) is 0 Å². The lowest BCUT2D eigenvalue weighted by Gasteiger charge is -2.12. The van der Waals surface area contributed by atoms with Crippen LogP contribution in [0.15, 0.2) is 30.5 Å². The molecule has 1 heterocycles. The van der Waals surface area contributed by atoms with Gasteiger partial charge in [0, 0.05) is 17.6 Å². The molecular weight excluding hydrogens is 252 g/mol. The molecule has 0 radical (unpaired) electrons. The predicted molar refractivity (Wildman–Crippen MR) is 78.0 cm³/mol. The van der Waals surface area contributed by atoms with Gasteiger partial charge in [-0.05, 0) is 25.0 Å². The van der Waals surface area contributed by atoms with Gasteiger partial charge in [0.05, 0.1) is 12.7 Å². The van der Waals surface area contributed by atoms with E-state index in [2.05, 4.69) is 10.3 Å². The van der Waals surface area contributed by atoms with Crippen LogP contribution in [0.4, 0.5) is 0 Å². The van der Waals surface area contributed by atoms with E-state index < -0.39 is 0 Å². The zero-order valence-corrected chi connectivity index (χ0v) is 11.6. The fraction of sp³-hybridized carbons (Fsp3) is 0.375. The maximum absolute atomic E-state index is 12.2. The molecule has 2 aromatic rings. The summed E-state index contributed by atoms with van der Waals surface area (Å²) in [4.78, 5) is 16.6. The van der Waals surface area contributed by atoms with Crippen LogP contribution in [0, 0.1) is 0 Å². The van der Waals surface area contributed by atoms with Gasteiger partial charge in [-0.15, -0.1) is 0 Å². The number of fused-ring (bicyclic) bond motifs is 1. The zero-order valence-electron chi connectivity index (χ0n) is 11.6. The third kappa shape index (κ3) is 2.46. The van der Waals surface area contributed by atoms with Crippen LogP contribution in [0.1, 0.15) is 36.0 Å². The summed E-state index contributed by atoms with van der Waals surface area (Å²) in [5.41, 5.74) is 1.39. The Morgan fingerprint density at radius 2 is 2.15 bits per heavy atom. The van der Waals surface area contributed by atoms with Crippen molar-refractivity contribution in [3.63, 3.8) is 0 Å². The molecule has 0 atom stereocenters. The number of para-hydroxylation sites is 1. The average Bonchev–Trinajstić information content (AvgIpc) is 2.98. The first kappa shape index (κ1) is 12.9. The summed E-state index contributed by atoms with van der Waals surface area (Å²) >= 11 is 0. The van der Waals surface area contributed by atoms with Gasteiger partial charge in [0.1, 0.15) is 11.3 Å². The highest BCUT2D eigenvalue weighted by atomic mass is 16.5. The van der Waals surface area contributed by atoms with Crippen LogP contribution in [0.3, 0.4) is 0 Å². The first-order chi connectivity index (χ1) is 9.78. The van der Waals surface area contributed by atoms with Crippen molar-refractivity contribution in [1.82, 2.24) is 10.3 Å². The Hall–Kier alpha value is -2.10. The van der Waals surface area contributed by atoms with Crippen LogP contribution >= 0.6 is 0 Å². The van der Waals surface area contributed by atoms with E-state index in [1.165, 1.54) is 12.8 Å². The van der Waals surface area contributed by atoms with Crippen molar-refractivity contribution in [3.8, 4) is 5.75 Å². The predicted octanol–water partition coefficient (Wildman–Crippen LogP) is 2.92. The molecule has 0 spiro atoms. The van der Waals surface area contributed by atoms with Gasteiger partial charge in [-0.3, -0.25) is 9.78 Å². The Labute approximate surface area is 118 Å². The molecule has 0 unspecified atom stereocenters. The molecule has 0 saturated heterocycles. The number of nitrogens with one attached hydrogen (secondary N) is 1. The number of methoxy groups -OCH3 is 1. The molecule has 104 valence electrons. The first-order valence-electron chi connectivity index (χ1n) is 7.01. The molecule has 1 N–H and O–H groups in total. The van der Waals surface area contributed by atoms with E-state index in [0.29, 0.717) is 11.6 Å². The van der Waals surface area contributed by atoms with Crippen molar-refractivity contribution in [2.45, 2.75) is 31.7 Å². The third-order valence-electron chi connectivity index (χ3n) is 3.85. The molecule has 3 rings (SSSR count). The number of aromatic nitrogens is 1. The van der Waals surface area contributed by atoms with Crippen molar-refractivity contribution >= 4 is 16.8 Å². The normalized spacial score (nSPS) is 15.4. The van der Waals surface area contributed by atoms with E-state index in [9.17, 15) is 4.79 Å². The van der Waals surface area contributed by atoms with Gasteiger partial charge in [-0.1, -0.05) is 25.0 Å². The minimum Gasteiger partial charge on any atom is -0.494 e. The van der Waals surface area contributed by atoms with Gasteiger partial charge in [-0.2, -0.15) is 0 Å². The Kier molecular flexibility index (Phi) is 3.54. The number of carbonyl (C=O) groups excluding carboxylic acids is 1. The first-order valence-corrected chi connectivity index (χ1v) is 7.01. The molecular formula is C16H18N2O2. The van der Waals surface area contributed by atoms with Gasteiger partial charge in [-0.25, -0.2) is 0 Å². The Balaban J connectivity index is 1.86. The molecule has 1 aromatic carbocycles. The van der Waals surface area contributed by atoms with Crippen molar-refractivity contribution in [2.24, 2.45) is 0 Å². The number of pyridine rings is 1. The van der Waals surface area contributed by atoms with Crippen molar-refractivity contribution in [2.75, 3.05) is 7.11 Å². The van der Waals surface area contributed by atoms with Gasteiger partial charge < -0.3 is 10.1 Å². The molecule has 1 saturated carbocycles. The van der Waals surface area contributed by atoms with Crippen molar-refractivity contribution in [3.05, 3.63) is 36.0 Å². The zero-order chi connectivity index (χ0) is 13.9. The lowest BCUT2D eigenvalue weighted by Crippen LogP contribution is -2.32. The highest BCUT2D eigenvalue weighted by Crippen LogP contribution is 2.24. The summed E-state index contributed by atoms with van der Waals surface area (Å²) in [7, 11) is 1.62. The summed E-state index contributed by atoms with van der Waals surface area (Å²) in [5, 5.41) is 4.00. The Morgan fingerprint density at radius 3 is 2.90 bits per heavy atom. The Bertz CT molecular complexity index is 633. The number of nitrogens with zero attached hydrogens (tertiary/aromatic N) is 1. The lowest BCUT2D eigenvalue weighted by molar-refractivity contribution is 0.0937. The molecule has 4 nitrogen and oxygen atoms in total. The number of rotatable bonds is 3. The highest BCUT2D eigenvalue weighted by molar-refractivity contribution is 5.98. The molecule has 1 fully saturated rings. The topological polar surface area (TPSA) is 51.2 Å². The highest BCUT2D eigenvalue weighted by Gasteiger charge is 2.18. The number of carbonyl (C=O) groups is 1. The Morgan fingerprint density at radius 1 is 1.35 bits per heavy atom. The van der Waals surface area contributed by atoms with E-state index in [1.54, 1.807) is 13.3 Å². The summed E-state index contributed by atoms with van der Waals surface area (Å²) in [6, 6.07) is 7.91. The molecule has 0 aliphatic heterocycles. The fourth-order valence-corrected chi connectivity index (χ4v) is 2.76. The average molecular weight is 270 g/mol. The summed E-state index contributed by atoms with van der Waals surface area (Å²) in [6.45, 7) is 0. The molecule has 0 bridgehead atoms. The van der Waals surface area contributed by atoms with Crippen LogP contribution in [0.2, 0.25) is 0 Å². The van der Waals surface area contributed by atoms with Crippen LogP contribution < -0.4 is 10.1 Å². The number of hydrogen-bond donors (Lipinski definition) is 1. The van der Waals surface area contributed by atoms with Crippen LogP contribution in [0.25, 0.3) is 10.9 Å². The van der Waals surface area contributed by atoms with E-state index in [0.717, 1.165) is 29.5 Å². The second kappa shape index (κ2) is 5.49. The molecule has 1 aliphatic carbocycles. The van der Waals surface area contributed by atoms with Gasteiger partial charge in [0.15, 0.2) is 0 Å². The summed E-state index contributed by atoms with van der Waals surface area (Å²) in [6.07, 6.45) is 6.20. The van der Waals surface area contributed by atoms with Crippen LogP contribution in [-0.4, -0.2) is 24.0 Å². The van der Waals surface area contributed by atoms with Crippen LogP contribution in [0.5, 0.6) is 5.75 Å². The maximum atomic E-state index is 12.2. The quantitative estimate of drug-likeness (QED) is 0.933. The van der Waals surface area contributed by atoms with Gasteiger partial charge >= 0.3 is 0 Å². The lowest BCUT2D eigenvalue weighted by atomic mass is 10.1. The monoisotopic (exact) mass is 270 g/mol. The van der Waals surface area contributed by atoms with Crippen molar-refractivity contribution < 1.29 is 9.53 Å². The maximum Gasteiger partial charge on any atom is 0.253 e. The molecule has 20 heavy (non-hydrogen) atoms. The smallest absolute Gasteiger partial charge is 0.253 e. The second-order valence-corrected chi connectivity index (χ2v) is 5.21. The summed E-state index contributed by atoms with van der Waals surface area (Å²) in [5.74, 6) is 0.694. The largest absolute Gasteiger partial charge is 0.494 e. The number of amides is 1. The minimum atomic E-state index is -0.0332. The number of ether oxygens (including phenoxy) is 1. The van der Waals surface area contributed by atoms with Gasteiger partial charge in [0.2, 0.25) is 0 Å². The minimum absolute atomic E-state index is 0.0332. The standard InChI is InChI=1S/C16H18N2O2/c1-20-14-8-4-5-11-9-12(10-17-15(11)14)16(19)18-13-6-2-3-7-13/h4-5,8-10,13H,2-3,6-7H2,1H3,(H,18,19). The number of hydrogen-bond acceptors (Lipinski definition) is 3. The fourth-order valence-electron chi connectivity index (χ4n) is 2.76. The van der Waals surface area contributed by atoms with Crippen LogP contribution in [-0.2, 0) is 0 Å².